The van der Waals surface area contributed by atoms with Crippen molar-refractivity contribution >= 4 is 35.0 Å². The molecule has 0 bridgehead atoms. The summed E-state index contributed by atoms with van der Waals surface area (Å²) in [6.45, 7) is 3.84. The first-order valence-electron chi connectivity index (χ1n) is 9.72. The van der Waals surface area contributed by atoms with Gasteiger partial charge < -0.3 is 15.0 Å². The molecule has 30 heavy (non-hydrogen) atoms. The van der Waals surface area contributed by atoms with Gasteiger partial charge in [0.05, 0.1) is 0 Å². The van der Waals surface area contributed by atoms with Gasteiger partial charge in [-0.25, -0.2) is 4.39 Å². The highest BCUT2D eigenvalue weighted by molar-refractivity contribution is 6.35. The quantitative estimate of drug-likeness (QED) is 0.522. The van der Waals surface area contributed by atoms with Crippen molar-refractivity contribution in [2.75, 3.05) is 13.2 Å². The highest BCUT2D eigenvalue weighted by Crippen LogP contribution is 2.23. The van der Waals surface area contributed by atoms with Gasteiger partial charge in [0, 0.05) is 23.1 Å². The van der Waals surface area contributed by atoms with Gasteiger partial charge in [-0.05, 0) is 43.2 Å². The third-order valence-electron chi connectivity index (χ3n) is 4.54. The summed E-state index contributed by atoms with van der Waals surface area (Å²) in [7, 11) is 0. The maximum absolute atomic E-state index is 13.8. The molecule has 2 amide bonds. The first-order valence-corrected chi connectivity index (χ1v) is 10.5. The van der Waals surface area contributed by atoms with Crippen LogP contribution in [0.5, 0.6) is 5.75 Å². The first kappa shape index (κ1) is 24.0. The van der Waals surface area contributed by atoms with Gasteiger partial charge in [-0.2, -0.15) is 0 Å². The van der Waals surface area contributed by atoms with Gasteiger partial charge in [-0.3, -0.25) is 9.59 Å². The second-order valence-corrected chi connectivity index (χ2v) is 7.64. The van der Waals surface area contributed by atoms with Crippen molar-refractivity contribution < 1.29 is 18.7 Å². The lowest BCUT2D eigenvalue weighted by atomic mass is 10.1. The summed E-state index contributed by atoms with van der Waals surface area (Å²) >= 11 is 12.2. The standard InChI is InChI=1S/C22H25Cl2FN2O3/c1-3-4-11-26-22(29)15(2)27(13-16-9-10-17(23)12-18(16)24)21(28)14-30-20-8-6-5-7-19(20)25/h5-10,12,15H,3-4,11,13-14H2,1-2H3,(H,26,29). The van der Waals surface area contributed by atoms with E-state index in [-0.39, 0.29) is 18.2 Å². The minimum absolute atomic E-state index is 0.0321. The molecule has 0 spiro atoms. The highest BCUT2D eigenvalue weighted by Gasteiger charge is 2.27. The van der Waals surface area contributed by atoms with E-state index in [9.17, 15) is 14.0 Å². The molecule has 0 aromatic heterocycles. The molecule has 162 valence electrons. The van der Waals surface area contributed by atoms with Crippen molar-refractivity contribution in [2.24, 2.45) is 0 Å². The maximum Gasteiger partial charge on any atom is 0.261 e. The molecule has 1 N–H and O–H groups in total. The van der Waals surface area contributed by atoms with E-state index in [0.717, 1.165) is 12.8 Å². The van der Waals surface area contributed by atoms with E-state index < -0.39 is 24.4 Å². The predicted molar refractivity (Wildman–Crippen MR) is 116 cm³/mol. The monoisotopic (exact) mass is 454 g/mol. The van der Waals surface area contributed by atoms with E-state index in [0.29, 0.717) is 22.2 Å². The molecule has 0 aliphatic heterocycles. The SMILES string of the molecule is CCCCNC(=O)C(C)N(Cc1ccc(Cl)cc1Cl)C(=O)COc1ccccc1F. The van der Waals surface area contributed by atoms with Crippen molar-refractivity contribution in [1.82, 2.24) is 10.2 Å². The van der Waals surface area contributed by atoms with E-state index in [1.54, 1.807) is 31.2 Å². The third-order valence-corrected chi connectivity index (χ3v) is 5.13. The Labute approximate surface area is 186 Å². The predicted octanol–water partition coefficient (Wildman–Crippen LogP) is 4.84. The Kier molecular flexibility index (Phi) is 9.40. The molecule has 2 aromatic carbocycles. The maximum atomic E-state index is 13.8. The molecule has 2 aromatic rings. The van der Waals surface area contributed by atoms with E-state index in [2.05, 4.69) is 5.32 Å². The lowest BCUT2D eigenvalue weighted by Gasteiger charge is -2.29. The fraction of sp³-hybridized carbons (Fsp3) is 0.364. The molecule has 5 nitrogen and oxygen atoms in total. The van der Waals surface area contributed by atoms with Gasteiger partial charge in [0.25, 0.3) is 5.91 Å². The average Bonchev–Trinajstić information content (AvgIpc) is 2.72. The third kappa shape index (κ3) is 6.89. The second-order valence-electron chi connectivity index (χ2n) is 6.80. The largest absolute Gasteiger partial charge is 0.481 e. The molecular formula is C22H25Cl2FN2O3. The molecule has 0 aliphatic rings. The summed E-state index contributed by atoms with van der Waals surface area (Å²) in [5.41, 5.74) is 0.633. The number of para-hydroxylation sites is 1. The van der Waals surface area contributed by atoms with Crippen LogP contribution in [0.25, 0.3) is 0 Å². The molecule has 0 radical (unpaired) electrons. The molecule has 2 rings (SSSR count). The summed E-state index contributed by atoms with van der Waals surface area (Å²) in [4.78, 5) is 26.8. The molecular weight excluding hydrogens is 430 g/mol. The minimum atomic E-state index is -0.773. The van der Waals surface area contributed by atoms with E-state index >= 15 is 0 Å². The number of nitrogens with zero attached hydrogens (tertiary/aromatic N) is 1. The van der Waals surface area contributed by atoms with E-state index in [4.69, 9.17) is 27.9 Å². The summed E-state index contributed by atoms with van der Waals surface area (Å²) in [6.07, 6.45) is 1.78. The smallest absolute Gasteiger partial charge is 0.261 e. The van der Waals surface area contributed by atoms with Crippen LogP contribution in [0.2, 0.25) is 10.0 Å². The zero-order valence-corrected chi connectivity index (χ0v) is 18.5. The number of hydrogen-bond acceptors (Lipinski definition) is 3. The van der Waals surface area contributed by atoms with Crippen molar-refractivity contribution in [3.63, 3.8) is 0 Å². The Balaban J connectivity index is 2.17. The lowest BCUT2D eigenvalue weighted by molar-refractivity contribution is -0.142. The number of unbranched alkanes of at least 4 members (excludes halogenated alkanes) is 1. The van der Waals surface area contributed by atoms with E-state index in [1.165, 1.54) is 23.1 Å². The Morgan fingerprint density at radius 3 is 2.60 bits per heavy atom. The lowest BCUT2D eigenvalue weighted by Crippen LogP contribution is -2.49. The number of carbonyl (C=O) groups excluding carboxylic acids is 2. The zero-order valence-electron chi connectivity index (χ0n) is 17.0. The minimum Gasteiger partial charge on any atom is -0.481 e. The Morgan fingerprint density at radius 1 is 1.20 bits per heavy atom. The van der Waals surface area contributed by atoms with Crippen molar-refractivity contribution in [3.05, 3.63) is 63.9 Å². The van der Waals surface area contributed by atoms with Crippen LogP contribution >= 0.6 is 23.2 Å². The summed E-state index contributed by atoms with van der Waals surface area (Å²) in [5.74, 6) is -1.35. The number of halogens is 3. The average molecular weight is 455 g/mol. The second kappa shape index (κ2) is 11.8. The molecule has 0 heterocycles. The van der Waals surface area contributed by atoms with Gasteiger partial charge in [0.15, 0.2) is 18.2 Å². The Hall–Kier alpha value is -2.31. The number of benzene rings is 2. The molecule has 1 unspecified atom stereocenters. The number of nitrogens with one attached hydrogen (secondary N) is 1. The number of carbonyl (C=O) groups is 2. The number of rotatable bonds is 10. The number of amides is 2. The van der Waals surface area contributed by atoms with Crippen LogP contribution in [-0.2, 0) is 16.1 Å². The normalized spacial score (nSPS) is 11.6. The van der Waals surface area contributed by atoms with Gasteiger partial charge in [-0.15, -0.1) is 0 Å². The van der Waals surface area contributed by atoms with Gasteiger partial charge in [0.2, 0.25) is 5.91 Å². The van der Waals surface area contributed by atoms with Crippen molar-refractivity contribution in [3.8, 4) is 5.75 Å². The van der Waals surface area contributed by atoms with Gasteiger partial charge in [0.1, 0.15) is 6.04 Å². The van der Waals surface area contributed by atoms with Crippen LogP contribution < -0.4 is 10.1 Å². The van der Waals surface area contributed by atoms with Crippen molar-refractivity contribution in [2.45, 2.75) is 39.3 Å². The molecule has 1 atom stereocenters. The summed E-state index contributed by atoms with van der Waals surface area (Å²) in [5, 5.41) is 3.67. The Bertz CT molecular complexity index is 879. The van der Waals surface area contributed by atoms with Crippen molar-refractivity contribution in [1.29, 1.82) is 0 Å². The van der Waals surface area contributed by atoms with Crippen LogP contribution in [0, 0.1) is 5.82 Å². The number of ether oxygens (including phenoxy) is 1. The molecule has 0 aliphatic carbocycles. The molecule has 0 saturated heterocycles. The number of hydrogen-bond donors (Lipinski definition) is 1. The van der Waals surface area contributed by atoms with Crippen LogP contribution in [0.15, 0.2) is 42.5 Å². The van der Waals surface area contributed by atoms with Gasteiger partial charge in [-0.1, -0.05) is 54.7 Å². The fourth-order valence-corrected chi connectivity index (χ4v) is 3.20. The first-order chi connectivity index (χ1) is 14.3. The fourth-order valence-electron chi connectivity index (χ4n) is 2.74. The van der Waals surface area contributed by atoms with Crippen LogP contribution in [-0.4, -0.2) is 35.9 Å². The van der Waals surface area contributed by atoms with Gasteiger partial charge >= 0.3 is 0 Å². The van der Waals surface area contributed by atoms with E-state index in [1.807, 2.05) is 6.92 Å². The summed E-state index contributed by atoms with van der Waals surface area (Å²) < 4.78 is 19.1. The van der Waals surface area contributed by atoms with Crippen LogP contribution in [0.4, 0.5) is 4.39 Å². The van der Waals surface area contributed by atoms with Crippen LogP contribution in [0.1, 0.15) is 32.3 Å². The zero-order chi connectivity index (χ0) is 22.1. The summed E-state index contributed by atoms with van der Waals surface area (Å²) in [6, 6.07) is 9.98. The molecule has 0 saturated carbocycles. The molecule has 0 fully saturated rings. The topological polar surface area (TPSA) is 58.6 Å². The molecule has 8 heteroatoms. The highest BCUT2D eigenvalue weighted by atomic mass is 35.5. The Morgan fingerprint density at radius 2 is 1.93 bits per heavy atom. The van der Waals surface area contributed by atoms with Crippen LogP contribution in [0.3, 0.4) is 0 Å².